The minimum Gasteiger partial charge on any atom is -0.423 e. The molecule has 40 heavy (non-hydrogen) atoms. The molecule has 2 aromatic heterocycles. The number of nitrogens with one attached hydrogen (secondary N) is 1. The van der Waals surface area contributed by atoms with Crippen molar-refractivity contribution in [2.75, 3.05) is 0 Å². The van der Waals surface area contributed by atoms with Crippen molar-refractivity contribution in [2.45, 2.75) is 20.3 Å². The Hall–Kier alpha value is -4.72. The zero-order valence-electron chi connectivity index (χ0n) is 21.3. The maximum atomic E-state index is 8.91. The van der Waals surface area contributed by atoms with E-state index in [1.165, 1.54) is 27.9 Å². The van der Waals surface area contributed by atoms with Gasteiger partial charge in [-0.05, 0) is 64.5 Å². The van der Waals surface area contributed by atoms with Gasteiger partial charge >= 0.3 is 7.12 Å². The minimum absolute atomic E-state index is 0. The molecule has 8 rings (SSSR count). The molecule has 0 spiro atoms. The highest BCUT2D eigenvalue weighted by Gasteiger charge is 2.21. The summed E-state index contributed by atoms with van der Waals surface area (Å²) in [5.74, 6) is 0. The monoisotopic (exact) mass is 526 g/mol. The standard InChI is InChI=1S/C16H12N2.C9H9BO2.C7H6N2.CH4/c1-2-6-13-10-14(9-12(13)5-1)18-11-17-15-7-3-4-8-16(15)18;11-10(12)9-5-7-3-1-2-4-8(7)6-9;1-2-4-7-6(3-1)8-5-9-7;/h1-9,11H,10H2;1-5,11-12H,6H2;1-5H,(H,8,9);1H4. The lowest BCUT2D eigenvalue weighted by Crippen LogP contribution is -2.14. The number of aromatic nitrogens is 4. The molecule has 2 heterocycles. The van der Waals surface area contributed by atoms with Crippen molar-refractivity contribution in [3.05, 3.63) is 137 Å². The van der Waals surface area contributed by atoms with E-state index >= 15 is 0 Å². The summed E-state index contributed by atoms with van der Waals surface area (Å²) in [6, 6.07) is 32.6. The lowest BCUT2D eigenvalue weighted by atomic mass is 9.78. The Balaban J connectivity index is 0.000000128. The molecule has 4 aromatic carbocycles. The van der Waals surface area contributed by atoms with Gasteiger partial charge in [-0.15, -0.1) is 0 Å². The first-order valence-electron chi connectivity index (χ1n) is 12.9. The number of benzene rings is 4. The summed E-state index contributed by atoms with van der Waals surface area (Å²) in [6.07, 6.45) is 9.35. The Morgan fingerprint density at radius 3 is 2.00 bits per heavy atom. The topological polar surface area (TPSA) is 87.0 Å². The van der Waals surface area contributed by atoms with Crippen LogP contribution in [0.2, 0.25) is 0 Å². The number of hydrogen-bond acceptors (Lipinski definition) is 4. The molecule has 0 amide bonds. The predicted molar refractivity (Wildman–Crippen MR) is 165 cm³/mol. The number of H-pyrrole nitrogens is 1. The van der Waals surface area contributed by atoms with E-state index in [1.54, 1.807) is 6.33 Å². The molecular weight excluding hydrogens is 495 g/mol. The van der Waals surface area contributed by atoms with Crippen molar-refractivity contribution < 1.29 is 10.0 Å². The Bertz CT molecular complexity index is 1790. The highest BCUT2D eigenvalue weighted by molar-refractivity contribution is 6.52. The molecule has 198 valence electrons. The quantitative estimate of drug-likeness (QED) is 0.227. The van der Waals surface area contributed by atoms with Gasteiger partial charge in [0.1, 0.15) is 6.33 Å². The first-order chi connectivity index (χ1) is 19.2. The molecule has 7 heteroatoms. The van der Waals surface area contributed by atoms with Crippen LogP contribution in [0.5, 0.6) is 0 Å². The summed E-state index contributed by atoms with van der Waals surface area (Å²) in [6.45, 7) is 0. The van der Waals surface area contributed by atoms with Crippen molar-refractivity contribution >= 4 is 47.0 Å². The summed E-state index contributed by atoms with van der Waals surface area (Å²) in [5, 5.41) is 17.8. The third-order valence-electron chi connectivity index (χ3n) is 6.96. The Morgan fingerprint density at radius 2 is 1.30 bits per heavy atom. The molecule has 0 unspecified atom stereocenters. The lowest BCUT2D eigenvalue weighted by molar-refractivity contribution is 0.418. The summed E-state index contributed by atoms with van der Waals surface area (Å²) < 4.78 is 2.19. The van der Waals surface area contributed by atoms with Gasteiger partial charge in [0.2, 0.25) is 0 Å². The van der Waals surface area contributed by atoms with Gasteiger partial charge < -0.3 is 19.6 Å². The third-order valence-corrected chi connectivity index (χ3v) is 6.96. The van der Waals surface area contributed by atoms with E-state index in [-0.39, 0.29) is 7.43 Å². The zero-order chi connectivity index (χ0) is 26.6. The number of nitrogens with zero attached hydrogens (tertiary/aromatic N) is 3. The van der Waals surface area contributed by atoms with E-state index in [0.717, 1.165) is 28.5 Å². The fourth-order valence-corrected chi connectivity index (χ4v) is 4.96. The van der Waals surface area contributed by atoms with E-state index in [9.17, 15) is 0 Å². The van der Waals surface area contributed by atoms with Crippen molar-refractivity contribution in [3.8, 4) is 0 Å². The molecule has 0 saturated heterocycles. The van der Waals surface area contributed by atoms with Crippen LogP contribution in [0.3, 0.4) is 0 Å². The Labute approximate surface area is 234 Å². The molecule has 0 saturated carbocycles. The first-order valence-corrected chi connectivity index (χ1v) is 12.9. The zero-order valence-corrected chi connectivity index (χ0v) is 21.3. The number of hydrogen-bond donors (Lipinski definition) is 3. The van der Waals surface area contributed by atoms with Crippen molar-refractivity contribution in [2.24, 2.45) is 0 Å². The summed E-state index contributed by atoms with van der Waals surface area (Å²) in [4.78, 5) is 11.5. The minimum atomic E-state index is -1.31. The highest BCUT2D eigenvalue weighted by atomic mass is 16.4. The molecule has 0 radical (unpaired) electrons. The van der Waals surface area contributed by atoms with Gasteiger partial charge in [0, 0.05) is 12.1 Å². The van der Waals surface area contributed by atoms with E-state index in [4.69, 9.17) is 10.0 Å². The molecule has 2 aliphatic carbocycles. The third kappa shape index (κ3) is 5.66. The molecule has 0 fully saturated rings. The predicted octanol–water partition coefficient (Wildman–Crippen LogP) is 6.43. The first kappa shape index (κ1) is 26.9. The number of fused-ring (bicyclic) bond motifs is 4. The second-order valence-electron chi connectivity index (χ2n) is 9.50. The van der Waals surface area contributed by atoms with Gasteiger partial charge in [-0.25, -0.2) is 9.97 Å². The van der Waals surface area contributed by atoms with E-state index in [2.05, 4.69) is 68.1 Å². The summed E-state index contributed by atoms with van der Waals surface area (Å²) in [5.41, 5.74) is 11.3. The number of allylic oxidation sites excluding steroid dienone is 2. The highest BCUT2D eigenvalue weighted by Crippen LogP contribution is 2.29. The van der Waals surface area contributed by atoms with Crippen molar-refractivity contribution in [1.29, 1.82) is 0 Å². The molecule has 0 aliphatic heterocycles. The Morgan fingerprint density at radius 1 is 0.675 bits per heavy atom. The van der Waals surface area contributed by atoms with Gasteiger partial charge in [-0.2, -0.15) is 0 Å². The average Bonchev–Trinajstić information content (AvgIpc) is 3.77. The molecule has 0 atom stereocenters. The largest absolute Gasteiger partial charge is 0.484 e. The molecule has 0 bridgehead atoms. The molecule has 2 aliphatic rings. The van der Waals surface area contributed by atoms with Crippen LogP contribution in [0.15, 0.2) is 115 Å². The second kappa shape index (κ2) is 12.0. The van der Waals surface area contributed by atoms with Gasteiger partial charge in [-0.3, -0.25) is 0 Å². The van der Waals surface area contributed by atoms with Gasteiger partial charge in [0.25, 0.3) is 0 Å². The normalized spacial score (nSPS) is 12.7. The molecular formula is C33H31BN4O2. The van der Waals surface area contributed by atoms with Crippen LogP contribution in [-0.2, 0) is 12.8 Å². The second-order valence-corrected chi connectivity index (χ2v) is 9.50. The molecule has 3 N–H and O–H groups in total. The van der Waals surface area contributed by atoms with Crippen LogP contribution in [0.4, 0.5) is 0 Å². The van der Waals surface area contributed by atoms with Crippen molar-refractivity contribution in [1.82, 2.24) is 19.5 Å². The van der Waals surface area contributed by atoms with E-state index in [1.807, 2.05) is 67.0 Å². The van der Waals surface area contributed by atoms with E-state index in [0.29, 0.717) is 11.9 Å². The SMILES string of the molecule is C.C1=C(n2cnc3ccccc32)Cc2ccccc21.OB(O)C1=Cc2ccccc2C1.c1ccc2[nH]cnc2c1. The van der Waals surface area contributed by atoms with Gasteiger partial charge in [-0.1, -0.05) is 86.3 Å². The average molecular weight is 526 g/mol. The smallest absolute Gasteiger partial charge is 0.423 e. The summed E-state index contributed by atoms with van der Waals surface area (Å²) >= 11 is 0. The van der Waals surface area contributed by atoms with Gasteiger partial charge in [0.15, 0.2) is 0 Å². The van der Waals surface area contributed by atoms with Crippen LogP contribution in [0, 0.1) is 0 Å². The molecule has 6 nitrogen and oxygen atoms in total. The summed E-state index contributed by atoms with van der Waals surface area (Å²) in [7, 11) is -1.31. The van der Waals surface area contributed by atoms with Crippen LogP contribution in [0.25, 0.3) is 39.9 Å². The van der Waals surface area contributed by atoms with Crippen LogP contribution in [-0.4, -0.2) is 36.7 Å². The molecule has 6 aromatic rings. The fraction of sp³-hybridized carbons (Fsp3) is 0.0909. The van der Waals surface area contributed by atoms with Crippen LogP contribution in [0.1, 0.15) is 29.7 Å². The van der Waals surface area contributed by atoms with Gasteiger partial charge in [0.05, 0.1) is 28.4 Å². The van der Waals surface area contributed by atoms with Crippen LogP contribution < -0.4 is 0 Å². The maximum Gasteiger partial charge on any atom is 0.484 e. The van der Waals surface area contributed by atoms with E-state index < -0.39 is 7.12 Å². The number of para-hydroxylation sites is 4. The fourth-order valence-electron chi connectivity index (χ4n) is 4.96. The van der Waals surface area contributed by atoms with Crippen LogP contribution >= 0.6 is 0 Å². The number of rotatable bonds is 2. The number of imidazole rings is 2. The Kier molecular flexibility index (Phi) is 8.06. The number of aromatic amines is 1. The lowest BCUT2D eigenvalue weighted by Gasteiger charge is -2.04. The maximum absolute atomic E-state index is 8.91. The van der Waals surface area contributed by atoms with Crippen molar-refractivity contribution in [3.63, 3.8) is 0 Å².